The van der Waals surface area contributed by atoms with E-state index in [4.69, 9.17) is 5.11 Å². The molecule has 0 aliphatic heterocycles. The van der Waals surface area contributed by atoms with Gasteiger partial charge in [-0.05, 0) is 40.0 Å². The van der Waals surface area contributed by atoms with Gasteiger partial charge in [0.05, 0.1) is 10.3 Å². The van der Waals surface area contributed by atoms with E-state index in [9.17, 15) is 4.79 Å². The molecule has 0 aliphatic carbocycles. The lowest BCUT2D eigenvalue weighted by Gasteiger charge is -2.13. The minimum atomic E-state index is -0.970. The first-order valence-electron chi connectivity index (χ1n) is 5.14. The molecule has 0 aromatic carbocycles. The molecule has 7 heteroatoms. The summed E-state index contributed by atoms with van der Waals surface area (Å²) in [7, 11) is 1.99. The van der Waals surface area contributed by atoms with E-state index >= 15 is 0 Å². The van der Waals surface area contributed by atoms with Crippen LogP contribution in [0, 0.1) is 0 Å². The number of hydrogen-bond acceptors (Lipinski definition) is 5. The van der Waals surface area contributed by atoms with E-state index in [2.05, 4.69) is 37.3 Å². The van der Waals surface area contributed by atoms with Gasteiger partial charge in [-0.2, -0.15) is 0 Å². The van der Waals surface area contributed by atoms with Gasteiger partial charge < -0.3 is 5.11 Å². The van der Waals surface area contributed by atoms with Gasteiger partial charge in [0.15, 0.2) is 5.69 Å². The first-order chi connectivity index (χ1) is 8.54. The summed E-state index contributed by atoms with van der Waals surface area (Å²) < 4.78 is 1.12. The molecule has 0 atom stereocenters. The molecule has 2 aromatic rings. The van der Waals surface area contributed by atoms with Gasteiger partial charge in [-0.15, -0.1) is 22.7 Å². The number of carboxylic acids is 1. The van der Waals surface area contributed by atoms with Gasteiger partial charge in [0.25, 0.3) is 0 Å². The number of rotatable bonds is 5. The first kappa shape index (κ1) is 13.7. The highest BCUT2D eigenvalue weighted by Gasteiger charge is 2.10. The molecule has 0 spiro atoms. The first-order valence-corrected chi connectivity index (χ1v) is 7.69. The fourth-order valence-corrected chi connectivity index (χ4v) is 3.56. The third-order valence-electron chi connectivity index (χ3n) is 2.25. The van der Waals surface area contributed by atoms with E-state index in [-0.39, 0.29) is 5.69 Å². The molecule has 2 rings (SSSR count). The molecule has 2 heterocycles. The summed E-state index contributed by atoms with van der Waals surface area (Å²) in [4.78, 5) is 16.9. The summed E-state index contributed by atoms with van der Waals surface area (Å²) >= 11 is 6.47. The van der Waals surface area contributed by atoms with Crippen molar-refractivity contribution in [3.8, 4) is 0 Å². The number of carbonyl (C=O) groups is 1. The molecular weight excluding hydrogens is 336 g/mol. The van der Waals surface area contributed by atoms with Crippen LogP contribution in [-0.4, -0.2) is 28.0 Å². The van der Waals surface area contributed by atoms with Gasteiger partial charge in [-0.3, -0.25) is 4.90 Å². The average molecular weight is 347 g/mol. The quantitative estimate of drug-likeness (QED) is 0.902. The maximum Gasteiger partial charge on any atom is 0.355 e. The number of nitrogens with zero attached hydrogens (tertiary/aromatic N) is 2. The topological polar surface area (TPSA) is 53.4 Å². The molecule has 0 saturated heterocycles. The summed E-state index contributed by atoms with van der Waals surface area (Å²) in [5, 5.41) is 13.3. The highest BCUT2D eigenvalue weighted by molar-refractivity contribution is 9.11. The minimum absolute atomic E-state index is 0.127. The maximum atomic E-state index is 10.7. The maximum absolute atomic E-state index is 10.7. The van der Waals surface area contributed by atoms with Crippen molar-refractivity contribution in [2.45, 2.75) is 13.1 Å². The fraction of sp³-hybridized carbons (Fsp3) is 0.273. The van der Waals surface area contributed by atoms with Crippen LogP contribution in [0.5, 0.6) is 0 Å². The Labute approximate surface area is 121 Å². The van der Waals surface area contributed by atoms with Crippen molar-refractivity contribution in [1.29, 1.82) is 0 Å². The number of aromatic nitrogens is 1. The van der Waals surface area contributed by atoms with Crippen LogP contribution in [-0.2, 0) is 13.1 Å². The standard InChI is InChI=1S/C11H11BrN2O2S2/c1-14(3-7-2-9(12)17-5-7)4-10-13-8(6-18-10)11(15)16/h2,5-6H,3-4H2,1H3,(H,15,16). The summed E-state index contributed by atoms with van der Waals surface area (Å²) in [6, 6.07) is 2.09. The Morgan fingerprint density at radius 3 is 2.78 bits per heavy atom. The third kappa shape index (κ3) is 3.61. The molecule has 0 fully saturated rings. The lowest BCUT2D eigenvalue weighted by atomic mass is 10.3. The zero-order chi connectivity index (χ0) is 13.1. The minimum Gasteiger partial charge on any atom is -0.476 e. The van der Waals surface area contributed by atoms with Crippen LogP contribution in [0.25, 0.3) is 0 Å². The van der Waals surface area contributed by atoms with Gasteiger partial charge in [0.2, 0.25) is 0 Å². The van der Waals surface area contributed by atoms with Crippen molar-refractivity contribution in [3.63, 3.8) is 0 Å². The van der Waals surface area contributed by atoms with Crippen LogP contribution in [0.4, 0.5) is 0 Å². The Morgan fingerprint density at radius 1 is 1.44 bits per heavy atom. The van der Waals surface area contributed by atoms with Crippen LogP contribution in [0.15, 0.2) is 20.6 Å². The van der Waals surface area contributed by atoms with E-state index in [1.807, 2.05) is 7.05 Å². The second kappa shape index (κ2) is 5.92. The Kier molecular flexibility index (Phi) is 4.50. The molecule has 18 heavy (non-hydrogen) atoms. The van der Waals surface area contributed by atoms with Crippen LogP contribution in [0.3, 0.4) is 0 Å². The van der Waals surface area contributed by atoms with Gasteiger partial charge >= 0.3 is 5.97 Å². The number of thiazole rings is 1. The summed E-state index contributed by atoms with van der Waals surface area (Å²) in [5.41, 5.74) is 1.37. The molecule has 0 saturated carbocycles. The largest absolute Gasteiger partial charge is 0.476 e. The predicted octanol–water partition coefficient (Wildman–Crippen LogP) is 3.30. The van der Waals surface area contributed by atoms with E-state index < -0.39 is 5.97 Å². The van der Waals surface area contributed by atoms with Crippen molar-refractivity contribution in [2.75, 3.05) is 7.05 Å². The lowest BCUT2D eigenvalue weighted by Crippen LogP contribution is -2.16. The Bertz CT molecular complexity index is 553. The summed E-state index contributed by atoms with van der Waals surface area (Å²) in [6.07, 6.45) is 0. The van der Waals surface area contributed by atoms with Crippen LogP contribution < -0.4 is 0 Å². The Morgan fingerprint density at radius 2 is 2.22 bits per heavy atom. The highest BCUT2D eigenvalue weighted by Crippen LogP contribution is 2.22. The van der Waals surface area contributed by atoms with Crippen LogP contribution in [0.2, 0.25) is 0 Å². The molecular formula is C11H11BrN2O2S2. The van der Waals surface area contributed by atoms with Crippen LogP contribution >= 0.6 is 38.6 Å². The van der Waals surface area contributed by atoms with Gasteiger partial charge in [-0.25, -0.2) is 9.78 Å². The Hall–Kier alpha value is -0.760. The molecule has 0 unspecified atom stereocenters. The fourth-order valence-electron chi connectivity index (χ4n) is 1.51. The highest BCUT2D eigenvalue weighted by atomic mass is 79.9. The number of aromatic carboxylic acids is 1. The number of thiophene rings is 1. The molecule has 2 aromatic heterocycles. The second-order valence-electron chi connectivity index (χ2n) is 3.86. The van der Waals surface area contributed by atoms with E-state index in [0.717, 1.165) is 15.3 Å². The summed E-state index contributed by atoms with van der Waals surface area (Å²) in [6.45, 7) is 1.48. The third-order valence-corrected chi connectivity index (χ3v) is 4.64. The molecule has 0 radical (unpaired) electrons. The normalized spacial score (nSPS) is 11.1. The number of hydrogen-bond donors (Lipinski definition) is 1. The van der Waals surface area contributed by atoms with Gasteiger partial charge in [-0.1, -0.05) is 0 Å². The average Bonchev–Trinajstić information content (AvgIpc) is 2.88. The van der Waals surface area contributed by atoms with Gasteiger partial charge in [0, 0.05) is 11.9 Å². The predicted molar refractivity (Wildman–Crippen MR) is 76.3 cm³/mol. The molecule has 4 nitrogen and oxygen atoms in total. The van der Waals surface area contributed by atoms with Crippen molar-refractivity contribution >= 4 is 44.6 Å². The number of halogens is 1. The van der Waals surface area contributed by atoms with Crippen molar-refractivity contribution in [2.24, 2.45) is 0 Å². The van der Waals surface area contributed by atoms with Crippen molar-refractivity contribution in [3.05, 3.63) is 36.9 Å². The van der Waals surface area contributed by atoms with Gasteiger partial charge in [0.1, 0.15) is 5.01 Å². The monoisotopic (exact) mass is 346 g/mol. The van der Waals surface area contributed by atoms with Crippen molar-refractivity contribution in [1.82, 2.24) is 9.88 Å². The van der Waals surface area contributed by atoms with Crippen LogP contribution in [0.1, 0.15) is 21.1 Å². The molecule has 1 N–H and O–H groups in total. The smallest absolute Gasteiger partial charge is 0.355 e. The van der Waals surface area contributed by atoms with Crippen molar-refractivity contribution < 1.29 is 9.90 Å². The lowest BCUT2D eigenvalue weighted by molar-refractivity contribution is 0.0691. The van der Waals surface area contributed by atoms with E-state index in [1.165, 1.54) is 16.9 Å². The molecule has 0 bridgehead atoms. The SMILES string of the molecule is CN(Cc1csc(Br)c1)Cc1nc(C(=O)O)cs1. The zero-order valence-electron chi connectivity index (χ0n) is 9.59. The molecule has 96 valence electrons. The zero-order valence-corrected chi connectivity index (χ0v) is 12.8. The second-order valence-corrected chi connectivity index (χ2v) is 7.10. The Balaban J connectivity index is 1.94. The number of carboxylic acid groups (broad SMARTS) is 1. The summed E-state index contributed by atoms with van der Waals surface area (Å²) in [5.74, 6) is -0.970. The molecule has 0 aliphatic rings. The van der Waals surface area contributed by atoms with E-state index in [1.54, 1.807) is 16.7 Å². The van der Waals surface area contributed by atoms with E-state index in [0.29, 0.717) is 6.54 Å². The molecule has 0 amide bonds.